The molecule has 2 aromatic rings. The van der Waals surface area contributed by atoms with Crippen LogP contribution in [-0.4, -0.2) is 19.1 Å². The topological polar surface area (TPSA) is 28.2 Å². The number of hydrogen-bond acceptors (Lipinski definition) is 4. The van der Waals surface area contributed by atoms with Gasteiger partial charge in [0.25, 0.3) is 0 Å². The van der Waals surface area contributed by atoms with Crippen molar-refractivity contribution in [3.63, 3.8) is 0 Å². The first-order valence-corrected chi connectivity index (χ1v) is 7.46. The molecule has 0 bridgehead atoms. The fourth-order valence-corrected chi connectivity index (χ4v) is 2.99. The van der Waals surface area contributed by atoms with Gasteiger partial charge in [0, 0.05) is 29.7 Å². The summed E-state index contributed by atoms with van der Waals surface area (Å²) >= 11 is 1.63. The third kappa shape index (κ3) is 2.99. The lowest BCUT2D eigenvalue weighted by Gasteiger charge is -2.25. The Morgan fingerprint density at radius 3 is 2.65 bits per heavy atom. The highest BCUT2D eigenvalue weighted by Crippen LogP contribution is 2.32. The lowest BCUT2D eigenvalue weighted by atomic mass is 10.1. The maximum atomic E-state index is 13.9. The zero-order valence-electron chi connectivity index (χ0n) is 12.2. The number of thiazole rings is 1. The van der Waals surface area contributed by atoms with Crippen molar-refractivity contribution in [2.24, 2.45) is 0 Å². The number of benzene rings is 1. The van der Waals surface area contributed by atoms with Gasteiger partial charge in [-0.15, -0.1) is 11.3 Å². The van der Waals surface area contributed by atoms with Gasteiger partial charge in [-0.3, -0.25) is 0 Å². The van der Waals surface area contributed by atoms with Crippen LogP contribution < -0.4 is 10.2 Å². The Morgan fingerprint density at radius 2 is 2.00 bits per heavy atom. The molecular formula is C15H20FN3S. The molecule has 0 radical (unpaired) electrons. The Hall–Kier alpha value is -1.46. The highest BCUT2D eigenvalue weighted by Gasteiger charge is 2.19. The summed E-state index contributed by atoms with van der Waals surface area (Å²) in [5.41, 5.74) is 0.688. The fourth-order valence-electron chi connectivity index (χ4n) is 1.97. The van der Waals surface area contributed by atoms with Crippen LogP contribution >= 0.6 is 11.3 Å². The minimum Gasteiger partial charge on any atom is -0.344 e. The van der Waals surface area contributed by atoms with Gasteiger partial charge in [0.2, 0.25) is 0 Å². The standard InChI is InChI=1S/C15H20FN3S/c1-10(17-3)14-9-18-15(20-14)19(4)11(2)12-7-5-6-8-13(12)16/h5-11,17H,1-4H3. The maximum Gasteiger partial charge on any atom is 0.185 e. The molecule has 0 saturated heterocycles. The van der Waals surface area contributed by atoms with E-state index in [1.54, 1.807) is 17.4 Å². The van der Waals surface area contributed by atoms with E-state index in [-0.39, 0.29) is 17.9 Å². The van der Waals surface area contributed by atoms with E-state index in [1.165, 1.54) is 10.9 Å². The molecule has 2 atom stereocenters. The normalized spacial score (nSPS) is 14.1. The molecule has 3 nitrogen and oxygen atoms in total. The Labute approximate surface area is 123 Å². The molecule has 2 rings (SSSR count). The monoisotopic (exact) mass is 293 g/mol. The summed E-state index contributed by atoms with van der Waals surface area (Å²) < 4.78 is 13.9. The molecule has 1 aromatic heterocycles. The number of nitrogens with one attached hydrogen (secondary N) is 1. The van der Waals surface area contributed by atoms with Gasteiger partial charge < -0.3 is 10.2 Å². The zero-order valence-corrected chi connectivity index (χ0v) is 13.0. The van der Waals surface area contributed by atoms with Crippen molar-refractivity contribution in [2.75, 3.05) is 19.0 Å². The van der Waals surface area contributed by atoms with Crippen molar-refractivity contribution in [2.45, 2.75) is 25.9 Å². The molecule has 0 aliphatic heterocycles. The second-order valence-corrected chi connectivity index (χ2v) is 5.90. The first-order valence-electron chi connectivity index (χ1n) is 6.64. The average molecular weight is 293 g/mol. The molecule has 108 valence electrons. The van der Waals surface area contributed by atoms with E-state index in [2.05, 4.69) is 17.2 Å². The summed E-state index contributed by atoms with van der Waals surface area (Å²) in [5, 5.41) is 4.10. The van der Waals surface area contributed by atoms with Crippen LogP contribution in [0.5, 0.6) is 0 Å². The van der Waals surface area contributed by atoms with Crippen LogP contribution in [0.15, 0.2) is 30.5 Å². The Balaban J connectivity index is 2.21. The molecule has 0 fully saturated rings. The van der Waals surface area contributed by atoms with Gasteiger partial charge in [0.05, 0.1) is 6.04 Å². The van der Waals surface area contributed by atoms with E-state index in [9.17, 15) is 4.39 Å². The van der Waals surface area contributed by atoms with Gasteiger partial charge >= 0.3 is 0 Å². The quantitative estimate of drug-likeness (QED) is 0.910. The number of halogens is 1. The molecule has 0 aliphatic carbocycles. The Morgan fingerprint density at radius 1 is 1.30 bits per heavy atom. The highest BCUT2D eigenvalue weighted by molar-refractivity contribution is 7.15. The smallest absolute Gasteiger partial charge is 0.185 e. The summed E-state index contributed by atoms with van der Waals surface area (Å²) in [7, 11) is 3.87. The van der Waals surface area contributed by atoms with E-state index in [1.807, 2.05) is 44.2 Å². The van der Waals surface area contributed by atoms with Crippen molar-refractivity contribution in [1.29, 1.82) is 0 Å². The largest absolute Gasteiger partial charge is 0.344 e. The minimum atomic E-state index is -0.174. The van der Waals surface area contributed by atoms with Crippen molar-refractivity contribution in [3.05, 3.63) is 46.7 Å². The second-order valence-electron chi connectivity index (χ2n) is 4.86. The molecule has 0 aliphatic rings. The van der Waals surface area contributed by atoms with E-state index in [0.717, 1.165) is 5.13 Å². The molecule has 20 heavy (non-hydrogen) atoms. The number of aromatic nitrogens is 1. The van der Waals surface area contributed by atoms with Crippen LogP contribution in [0.4, 0.5) is 9.52 Å². The van der Waals surface area contributed by atoms with Crippen LogP contribution in [0.1, 0.15) is 36.4 Å². The van der Waals surface area contributed by atoms with E-state index >= 15 is 0 Å². The Bertz CT molecular complexity index is 570. The van der Waals surface area contributed by atoms with Crippen LogP contribution in [0, 0.1) is 5.82 Å². The molecule has 0 amide bonds. The van der Waals surface area contributed by atoms with E-state index in [4.69, 9.17) is 0 Å². The predicted octanol–water partition coefficient (Wildman–Crippen LogP) is 3.76. The SMILES string of the molecule is CNC(C)c1cnc(N(C)C(C)c2ccccc2F)s1. The first-order chi connectivity index (χ1) is 9.54. The van der Waals surface area contributed by atoms with Crippen molar-refractivity contribution in [3.8, 4) is 0 Å². The fraction of sp³-hybridized carbons (Fsp3) is 0.400. The summed E-state index contributed by atoms with van der Waals surface area (Å²) in [4.78, 5) is 7.63. The summed E-state index contributed by atoms with van der Waals surface area (Å²) in [6.45, 7) is 4.08. The van der Waals surface area contributed by atoms with Crippen molar-refractivity contribution < 1.29 is 4.39 Å². The van der Waals surface area contributed by atoms with Gasteiger partial charge in [0.15, 0.2) is 5.13 Å². The molecule has 5 heteroatoms. The molecular weight excluding hydrogens is 273 g/mol. The predicted molar refractivity (Wildman–Crippen MR) is 82.8 cm³/mol. The van der Waals surface area contributed by atoms with Crippen LogP contribution in [0.2, 0.25) is 0 Å². The minimum absolute atomic E-state index is 0.0555. The van der Waals surface area contributed by atoms with Gasteiger partial charge in [0.1, 0.15) is 5.82 Å². The number of hydrogen-bond donors (Lipinski definition) is 1. The van der Waals surface area contributed by atoms with E-state index in [0.29, 0.717) is 5.56 Å². The van der Waals surface area contributed by atoms with Gasteiger partial charge in [-0.25, -0.2) is 9.37 Å². The van der Waals surface area contributed by atoms with Crippen LogP contribution in [0.25, 0.3) is 0 Å². The maximum absolute atomic E-state index is 13.9. The number of rotatable bonds is 5. The lowest BCUT2D eigenvalue weighted by Crippen LogP contribution is -2.22. The zero-order chi connectivity index (χ0) is 14.7. The summed E-state index contributed by atoms with van der Waals surface area (Å²) in [6.07, 6.45) is 1.88. The van der Waals surface area contributed by atoms with Crippen molar-refractivity contribution >= 4 is 16.5 Å². The molecule has 0 saturated carbocycles. The molecule has 2 unspecified atom stereocenters. The van der Waals surface area contributed by atoms with Crippen LogP contribution in [0.3, 0.4) is 0 Å². The molecule has 0 spiro atoms. The van der Waals surface area contributed by atoms with Gasteiger partial charge in [-0.1, -0.05) is 18.2 Å². The molecule has 1 heterocycles. The average Bonchev–Trinajstić information content (AvgIpc) is 2.95. The lowest BCUT2D eigenvalue weighted by molar-refractivity contribution is 0.585. The van der Waals surface area contributed by atoms with Gasteiger partial charge in [-0.2, -0.15) is 0 Å². The first kappa shape index (κ1) is 14.9. The second kappa shape index (κ2) is 6.33. The van der Waals surface area contributed by atoms with E-state index < -0.39 is 0 Å². The highest BCUT2D eigenvalue weighted by atomic mass is 32.1. The summed E-state index contributed by atoms with van der Waals surface area (Å²) in [5.74, 6) is -0.174. The third-order valence-corrected chi connectivity index (χ3v) is 4.88. The number of nitrogens with zero attached hydrogens (tertiary/aromatic N) is 2. The third-order valence-electron chi connectivity index (χ3n) is 3.61. The summed E-state index contributed by atoms with van der Waals surface area (Å²) in [6, 6.07) is 7.11. The van der Waals surface area contributed by atoms with Crippen molar-refractivity contribution in [1.82, 2.24) is 10.3 Å². The molecule has 1 N–H and O–H groups in total. The van der Waals surface area contributed by atoms with Gasteiger partial charge in [-0.05, 0) is 27.0 Å². The number of anilines is 1. The van der Waals surface area contributed by atoms with Crippen LogP contribution in [-0.2, 0) is 0 Å². The Kier molecular flexibility index (Phi) is 4.73. The molecule has 1 aromatic carbocycles.